The number of benzene rings is 1. The first-order valence-corrected chi connectivity index (χ1v) is 7.15. The molecule has 2 aliphatic carbocycles. The van der Waals surface area contributed by atoms with Crippen molar-refractivity contribution in [2.24, 2.45) is 11.3 Å². The molecule has 4 rings (SSSR count). The number of hydrogen-bond donors (Lipinski definition) is 0. The summed E-state index contributed by atoms with van der Waals surface area (Å²) in [6, 6.07) is 11.9. The smallest absolute Gasteiger partial charge is 0.309 e. The van der Waals surface area contributed by atoms with Gasteiger partial charge in [0.15, 0.2) is 0 Å². The van der Waals surface area contributed by atoms with Gasteiger partial charge in [-0.25, -0.2) is 0 Å². The van der Waals surface area contributed by atoms with Crippen LogP contribution < -0.4 is 0 Å². The van der Waals surface area contributed by atoms with Crippen LogP contribution in [-0.2, 0) is 16.1 Å². The van der Waals surface area contributed by atoms with Crippen molar-refractivity contribution in [2.45, 2.75) is 37.9 Å². The second-order valence-electron chi connectivity index (χ2n) is 6.15. The lowest BCUT2D eigenvalue weighted by Crippen LogP contribution is -2.85. The zero-order chi connectivity index (χ0) is 13.0. The monoisotopic (exact) mass is 257 g/mol. The molecule has 1 aromatic carbocycles. The summed E-state index contributed by atoms with van der Waals surface area (Å²) in [6.45, 7) is 1.03. The summed E-state index contributed by atoms with van der Waals surface area (Å²) in [5.74, 6) is 0.189. The summed E-state index contributed by atoms with van der Waals surface area (Å²) in [4.78, 5) is 14.4. The molecule has 1 spiro atoms. The van der Waals surface area contributed by atoms with Crippen LogP contribution in [0.25, 0.3) is 0 Å². The van der Waals surface area contributed by atoms with Gasteiger partial charge in [0.1, 0.15) is 0 Å². The zero-order valence-corrected chi connectivity index (χ0v) is 11.2. The van der Waals surface area contributed by atoms with Gasteiger partial charge in [0.25, 0.3) is 0 Å². The van der Waals surface area contributed by atoms with E-state index < -0.39 is 0 Å². The molecule has 0 amide bonds. The number of nitrogens with zero attached hydrogens (tertiary/aromatic N) is 1. The van der Waals surface area contributed by atoms with E-state index >= 15 is 0 Å². The van der Waals surface area contributed by atoms with Crippen LogP contribution >= 0.6 is 0 Å². The normalized spacial score (nSPS) is 39.1. The predicted molar refractivity (Wildman–Crippen MR) is 71.4 cm³/mol. The molecule has 19 heavy (non-hydrogen) atoms. The highest BCUT2D eigenvalue weighted by atomic mass is 16.5. The number of likely N-dealkylation sites (tertiary alicyclic amines) is 1. The summed E-state index contributed by atoms with van der Waals surface area (Å²) in [6.07, 6.45) is 3.46. The van der Waals surface area contributed by atoms with Crippen molar-refractivity contribution in [2.75, 3.05) is 7.11 Å². The Kier molecular flexibility index (Phi) is 2.31. The van der Waals surface area contributed by atoms with Crippen molar-refractivity contribution in [3.8, 4) is 0 Å². The Balaban J connectivity index is 1.48. The number of rotatable bonds is 3. The van der Waals surface area contributed by atoms with Gasteiger partial charge in [-0.3, -0.25) is 9.69 Å². The van der Waals surface area contributed by atoms with Crippen molar-refractivity contribution in [3.05, 3.63) is 35.9 Å². The van der Waals surface area contributed by atoms with E-state index in [1.807, 2.05) is 0 Å². The molecular formula is C16H19NO2. The van der Waals surface area contributed by atoms with Crippen molar-refractivity contribution in [1.29, 1.82) is 0 Å². The van der Waals surface area contributed by atoms with Gasteiger partial charge in [0.2, 0.25) is 0 Å². The van der Waals surface area contributed by atoms with Crippen molar-refractivity contribution < 1.29 is 9.53 Å². The van der Waals surface area contributed by atoms with E-state index in [0.29, 0.717) is 17.5 Å². The second kappa shape index (κ2) is 3.83. The van der Waals surface area contributed by atoms with Crippen molar-refractivity contribution in [1.82, 2.24) is 4.90 Å². The lowest BCUT2D eigenvalue weighted by atomic mass is 9.38. The number of esters is 1. The first-order valence-electron chi connectivity index (χ1n) is 7.15. The molecule has 1 aromatic rings. The Labute approximate surface area is 113 Å². The minimum absolute atomic E-state index is 0.0142. The summed E-state index contributed by atoms with van der Waals surface area (Å²) >= 11 is 0. The molecule has 100 valence electrons. The lowest BCUT2D eigenvalue weighted by Gasteiger charge is -2.79. The highest BCUT2D eigenvalue weighted by Crippen LogP contribution is 2.71. The Morgan fingerprint density at radius 2 is 2.16 bits per heavy atom. The van der Waals surface area contributed by atoms with E-state index in [1.54, 1.807) is 0 Å². The molecule has 1 aliphatic heterocycles. The highest BCUT2D eigenvalue weighted by Gasteiger charge is 2.76. The minimum Gasteiger partial charge on any atom is -0.469 e. The molecule has 3 nitrogen and oxygen atoms in total. The third kappa shape index (κ3) is 1.29. The van der Waals surface area contributed by atoms with Crippen LogP contribution in [-0.4, -0.2) is 30.1 Å². The van der Waals surface area contributed by atoms with Crippen molar-refractivity contribution in [3.63, 3.8) is 0 Å². The summed E-state index contributed by atoms with van der Waals surface area (Å²) < 4.78 is 4.95. The van der Waals surface area contributed by atoms with E-state index in [-0.39, 0.29) is 11.9 Å². The van der Waals surface area contributed by atoms with Crippen LogP contribution in [0.2, 0.25) is 0 Å². The third-order valence-electron chi connectivity index (χ3n) is 5.69. The van der Waals surface area contributed by atoms with Gasteiger partial charge < -0.3 is 4.74 Å². The fourth-order valence-corrected chi connectivity index (χ4v) is 4.66. The van der Waals surface area contributed by atoms with Crippen LogP contribution in [0, 0.1) is 11.3 Å². The van der Waals surface area contributed by atoms with Crippen LogP contribution in [0.1, 0.15) is 24.8 Å². The van der Waals surface area contributed by atoms with E-state index in [4.69, 9.17) is 4.74 Å². The molecular weight excluding hydrogens is 238 g/mol. The molecule has 3 fully saturated rings. The SMILES string of the molecule is COC(=O)C1CC2N(Cc3ccccc3)C3CCC132. The second-order valence-corrected chi connectivity index (χ2v) is 6.15. The number of carbonyl (C=O) groups excluding carboxylic acids is 1. The molecule has 0 N–H and O–H groups in total. The molecule has 0 bridgehead atoms. The fraction of sp³-hybridized carbons (Fsp3) is 0.562. The van der Waals surface area contributed by atoms with Crippen LogP contribution in [0.3, 0.4) is 0 Å². The maximum atomic E-state index is 11.8. The molecule has 3 aliphatic rings. The van der Waals surface area contributed by atoms with E-state index in [1.165, 1.54) is 25.5 Å². The van der Waals surface area contributed by atoms with Gasteiger partial charge in [0, 0.05) is 24.0 Å². The Bertz CT molecular complexity index is 507. The van der Waals surface area contributed by atoms with E-state index in [2.05, 4.69) is 35.2 Å². The van der Waals surface area contributed by atoms with Gasteiger partial charge in [-0.15, -0.1) is 0 Å². The van der Waals surface area contributed by atoms with Gasteiger partial charge in [-0.05, 0) is 24.8 Å². The topological polar surface area (TPSA) is 29.5 Å². The molecule has 0 radical (unpaired) electrons. The molecule has 2 saturated carbocycles. The standard InChI is InChI=1S/C16H19NO2/c1-19-15(18)12-9-14-16(12)8-7-13(16)17(14)10-11-5-3-2-4-6-11/h2-6,12-14H,7-10H2,1H3. The molecule has 4 atom stereocenters. The first kappa shape index (κ1) is 11.5. The maximum absolute atomic E-state index is 11.8. The van der Waals surface area contributed by atoms with Crippen LogP contribution in [0.4, 0.5) is 0 Å². The van der Waals surface area contributed by atoms with E-state index in [9.17, 15) is 4.79 Å². The van der Waals surface area contributed by atoms with Gasteiger partial charge in [0.05, 0.1) is 13.0 Å². The highest BCUT2D eigenvalue weighted by molar-refractivity contribution is 5.76. The Morgan fingerprint density at radius 3 is 2.74 bits per heavy atom. The minimum atomic E-state index is 0.0142. The number of piperidine rings is 2. The fourth-order valence-electron chi connectivity index (χ4n) is 4.66. The predicted octanol–water partition coefficient (Wildman–Crippen LogP) is 2.21. The lowest BCUT2D eigenvalue weighted by molar-refractivity contribution is -0.302. The zero-order valence-electron chi connectivity index (χ0n) is 11.2. The number of ether oxygens (including phenoxy) is 1. The quantitative estimate of drug-likeness (QED) is 0.778. The number of methoxy groups -OCH3 is 1. The molecule has 4 unspecified atom stereocenters. The number of hydrogen-bond acceptors (Lipinski definition) is 3. The van der Waals surface area contributed by atoms with Crippen LogP contribution in [0.5, 0.6) is 0 Å². The average molecular weight is 257 g/mol. The molecule has 1 heterocycles. The summed E-state index contributed by atoms with van der Waals surface area (Å²) in [7, 11) is 1.51. The summed E-state index contributed by atoms with van der Waals surface area (Å²) in [5, 5.41) is 0. The number of carbonyl (C=O) groups is 1. The first-order chi connectivity index (χ1) is 9.27. The average Bonchev–Trinajstić information content (AvgIpc) is 2.37. The molecule has 0 aromatic heterocycles. The van der Waals surface area contributed by atoms with Crippen molar-refractivity contribution >= 4 is 5.97 Å². The van der Waals surface area contributed by atoms with Gasteiger partial charge >= 0.3 is 5.97 Å². The van der Waals surface area contributed by atoms with Crippen LogP contribution in [0.15, 0.2) is 30.3 Å². The largest absolute Gasteiger partial charge is 0.469 e. The Hall–Kier alpha value is -1.35. The summed E-state index contributed by atoms with van der Waals surface area (Å²) in [5.41, 5.74) is 1.67. The van der Waals surface area contributed by atoms with Gasteiger partial charge in [-0.2, -0.15) is 0 Å². The molecule has 1 saturated heterocycles. The third-order valence-corrected chi connectivity index (χ3v) is 5.69. The van der Waals surface area contributed by atoms with E-state index in [0.717, 1.165) is 13.0 Å². The van der Waals surface area contributed by atoms with Gasteiger partial charge in [-0.1, -0.05) is 30.3 Å². The molecule has 3 heteroatoms. The Morgan fingerprint density at radius 1 is 1.37 bits per heavy atom. The maximum Gasteiger partial charge on any atom is 0.309 e.